The third kappa shape index (κ3) is 2.88. The molecule has 1 saturated heterocycles. The minimum Gasteiger partial charge on any atom is -0.342 e. The lowest BCUT2D eigenvalue weighted by molar-refractivity contribution is -0.136. The molecule has 1 aliphatic rings. The SMILES string of the molecule is CC[C@@H](C)C(=O)N1CCC[C@@H](c2nc(-c3ncc[nH]3)no2)C1. The molecule has 1 N–H and O–H groups in total. The van der Waals surface area contributed by atoms with Gasteiger partial charge in [0.2, 0.25) is 17.6 Å². The number of carbonyl (C=O) groups is 1. The van der Waals surface area contributed by atoms with Crippen LogP contribution in [-0.2, 0) is 4.79 Å². The summed E-state index contributed by atoms with van der Waals surface area (Å²) in [6.07, 6.45) is 6.16. The van der Waals surface area contributed by atoms with Crippen LogP contribution in [0.2, 0.25) is 0 Å². The van der Waals surface area contributed by atoms with E-state index in [0.29, 0.717) is 24.1 Å². The largest absolute Gasteiger partial charge is 0.342 e. The number of carbonyl (C=O) groups excluding carboxylic acids is 1. The van der Waals surface area contributed by atoms with Crippen molar-refractivity contribution in [3.05, 3.63) is 18.3 Å². The Balaban J connectivity index is 1.71. The van der Waals surface area contributed by atoms with Gasteiger partial charge in [0, 0.05) is 31.4 Å². The smallest absolute Gasteiger partial charge is 0.238 e. The van der Waals surface area contributed by atoms with Crippen molar-refractivity contribution in [3.63, 3.8) is 0 Å². The number of aromatic nitrogens is 4. The lowest BCUT2D eigenvalue weighted by Crippen LogP contribution is -2.41. The van der Waals surface area contributed by atoms with Crippen LogP contribution >= 0.6 is 0 Å². The molecule has 0 saturated carbocycles. The molecule has 3 rings (SSSR count). The average molecular weight is 303 g/mol. The van der Waals surface area contributed by atoms with Crippen LogP contribution in [0.25, 0.3) is 11.6 Å². The molecule has 2 aromatic heterocycles. The molecule has 0 spiro atoms. The van der Waals surface area contributed by atoms with Gasteiger partial charge in [0.05, 0.1) is 5.92 Å². The number of nitrogens with zero attached hydrogens (tertiary/aromatic N) is 4. The Morgan fingerprint density at radius 2 is 2.45 bits per heavy atom. The van der Waals surface area contributed by atoms with Crippen molar-refractivity contribution in [1.82, 2.24) is 25.0 Å². The van der Waals surface area contributed by atoms with Gasteiger partial charge in [-0.1, -0.05) is 19.0 Å². The van der Waals surface area contributed by atoms with Gasteiger partial charge in [-0.05, 0) is 19.3 Å². The molecular weight excluding hydrogens is 282 g/mol. The molecule has 118 valence electrons. The zero-order chi connectivity index (χ0) is 15.5. The average Bonchev–Trinajstić information content (AvgIpc) is 3.24. The van der Waals surface area contributed by atoms with Crippen LogP contribution in [0.1, 0.15) is 44.9 Å². The second-order valence-corrected chi connectivity index (χ2v) is 5.83. The number of nitrogens with one attached hydrogen (secondary N) is 1. The fraction of sp³-hybridized carbons (Fsp3) is 0.600. The van der Waals surface area contributed by atoms with Crippen LogP contribution < -0.4 is 0 Å². The molecule has 2 atom stereocenters. The molecule has 1 amide bonds. The van der Waals surface area contributed by atoms with Crippen molar-refractivity contribution in [2.75, 3.05) is 13.1 Å². The van der Waals surface area contributed by atoms with Crippen molar-refractivity contribution < 1.29 is 9.32 Å². The monoisotopic (exact) mass is 303 g/mol. The summed E-state index contributed by atoms with van der Waals surface area (Å²) in [5.74, 6) is 2.05. The molecule has 0 aliphatic carbocycles. The van der Waals surface area contributed by atoms with Gasteiger partial charge in [0.15, 0.2) is 5.82 Å². The molecule has 0 unspecified atom stereocenters. The molecule has 1 aliphatic heterocycles. The maximum atomic E-state index is 12.3. The Hall–Kier alpha value is -2.18. The van der Waals surface area contributed by atoms with Crippen LogP contribution in [0.5, 0.6) is 0 Å². The summed E-state index contributed by atoms with van der Waals surface area (Å²) in [6, 6.07) is 0. The lowest BCUT2D eigenvalue weighted by atomic mass is 9.96. The number of aromatic amines is 1. The number of likely N-dealkylation sites (tertiary alicyclic amines) is 1. The zero-order valence-electron chi connectivity index (χ0n) is 13.0. The molecule has 3 heterocycles. The van der Waals surface area contributed by atoms with Gasteiger partial charge >= 0.3 is 0 Å². The van der Waals surface area contributed by atoms with Gasteiger partial charge in [0.1, 0.15) is 0 Å². The van der Waals surface area contributed by atoms with E-state index in [-0.39, 0.29) is 17.7 Å². The van der Waals surface area contributed by atoms with Crippen LogP contribution in [0, 0.1) is 5.92 Å². The van der Waals surface area contributed by atoms with Gasteiger partial charge in [0.25, 0.3) is 0 Å². The van der Waals surface area contributed by atoms with E-state index >= 15 is 0 Å². The predicted octanol–water partition coefficient (Wildman–Crippen LogP) is 2.21. The Morgan fingerprint density at radius 1 is 1.59 bits per heavy atom. The number of imidazole rings is 1. The first-order chi connectivity index (χ1) is 10.7. The Morgan fingerprint density at radius 3 is 3.18 bits per heavy atom. The van der Waals surface area contributed by atoms with Crippen LogP contribution in [0.4, 0.5) is 0 Å². The Bertz CT molecular complexity index is 622. The topological polar surface area (TPSA) is 87.9 Å². The summed E-state index contributed by atoms with van der Waals surface area (Å²) in [5, 5.41) is 3.97. The maximum absolute atomic E-state index is 12.3. The third-order valence-electron chi connectivity index (χ3n) is 4.27. The van der Waals surface area contributed by atoms with Gasteiger partial charge in [-0.25, -0.2) is 4.98 Å². The van der Waals surface area contributed by atoms with Crippen molar-refractivity contribution >= 4 is 5.91 Å². The van der Waals surface area contributed by atoms with Gasteiger partial charge in [-0.15, -0.1) is 0 Å². The van der Waals surface area contributed by atoms with Gasteiger partial charge in [-0.2, -0.15) is 4.98 Å². The molecule has 7 heteroatoms. The first kappa shape index (κ1) is 14.7. The van der Waals surface area contributed by atoms with Crippen molar-refractivity contribution in [2.24, 2.45) is 5.92 Å². The number of H-pyrrole nitrogens is 1. The predicted molar refractivity (Wildman–Crippen MR) is 79.9 cm³/mol. The number of rotatable bonds is 4. The fourth-order valence-electron chi connectivity index (χ4n) is 2.75. The molecule has 0 bridgehead atoms. The van der Waals surface area contributed by atoms with E-state index in [4.69, 9.17) is 4.52 Å². The number of amides is 1. The van der Waals surface area contributed by atoms with Crippen molar-refractivity contribution in [1.29, 1.82) is 0 Å². The minimum absolute atomic E-state index is 0.0696. The summed E-state index contributed by atoms with van der Waals surface area (Å²) in [4.78, 5) is 25.8. The van der Waals surface area contributed by atoms with E-state index in [0.717, 1.165) is 25.8 Å². The Labute approximate surface area is 129 Å². The van der Waals surface area contributed by atoms with E-state index in [2.05, 4.69) is 20.1 Å². The van der Waals surface area contributed by atoms with Crippen molar-refractivity contribution in [3.8, 4) is 11.6 Å². The summed E-state index contributed by atoms with van der Waals surface area (Å²) in [7, 11) is 0. The number of hydrogen-bond acceptors (Lipinski definition) is 5. The zero-order valence-corrected chi connectivity index (χ0v) is 13.0. The number of piperidine rings is 1. The molecule has 0 aromatic carbocycles. The normalized spacial score (nSPS) is 20.1. The summed E-state index contributed by atoms with van der Waals surface area (Å²) in [6.45, 7) is 5.49. The molecule has 22 heavy (non-hydrogen) atoms. The second kappa shape index (κ2) is 6.29. The standard InChI is InChI=1S/C15H21N5O2/c1-3-10(2)15(21)20-8-4-5-11(9-20)14-18-13(19-22-14)12-16-6-7-17-12/h6-7,10-11H,3-5,8-9H2,1-2H3,(H,16,17)/t10-,11-/m1/s1. The molecule has 2 aromatic rings. The van der Waals surface area contributed by atoms with E-state index in [9.17, 15) is 4.79 Å². The number of hydrogen-bond donors (Lipinski definition) is 1. The first-order valence-corrected chi connectivity index (χ1v) is 7.81. The highest BCUT2D eigenvalue weighted by atomic mass is 16.5. The summed E-state index contributed by atoms with van der Waals surface area (Å²) >= 11 is 0. The van der Waals surface area contributed by atoms with E-state index in [1.165, 1.54) is 0 Å². The van der Waals surface area contributed by atoms with E-state index in [1.807, 2.05) is 18.7 Å². The summed E-state index contributed by atoms with van der Waals surface area (Å²) < 4.78 is 5.38. The van der Waals surface area contributed by atoms with Gasteiger partial charge in [-0.3, -0.25) is 4.79 Å². The first-order valence-electron chi connectivity index (χ1n) is 7.81. The van der Waals surface area contributed by atoms with E-state index < -0.39 is 0 Å². The highest BCUT2D eigenvalue weighted by Crippen LogP contribution is 2.27. The highest BCUT2D eigenvalue weighted by molar-refractivity contribution is 5.78. The highest BCUT2D eigenvalue weighted by Gasteiger charge is 2.30. The second-order valence-electron chi connectivity index (χ2n) is 5.83. The molecule has 1 fully saturated rings. The van der Waals surface area contributed by atoms with Crippen LogP contribution in [0.15, 0.2) is 16.9 Å². The van der Waals surface area contributed by atoms with Crippen LogP contribution in [-0.4, -0.2) is 44.0 Å². The molecule has 7 nitrogen and oxygen atoms in total. The lowest BCUT2D eigenvalue weighted by Gasteiger charge is -2.32. The maximum Gasteiger partial charge on any atom is 0.238 e. The molecular formula is C15H21N5O2. The Kier molecular flexibility index (Phi) is 4.22. The van der Waals surface area contributed by atoms with Gasteiger partial charge < -0.3 is 14.4 Å². The minimum atomic E-state index is 0.0696. The van der Waals surface area contributed by atoms with Crippen molar-refractivity contribution in [2.45, 2.75) is 39.0 Å². The molecule has 0 radical (unpaired) electrons. The quantitative estimate of drug-likeness (QED) is 0.935. The van der Waals surface area contributed by atoms with Crippen LogP contribution in [0.3, 0.4) is 0 Å². The van der Waals surface area contributed by atoms with E-state index in [1.54, 1.807) is 12.4 Å². The third-order valence-corrected chi connectivity index (χ3v) is 4.27. The summed E-state index contributed by atoms with van der Waals surface area (Å²) in [5.41, 5.74) is 0. The fourth-order valence-corrected chi connectivity index (χ4v) is 2.75.